The Hall–Kier alpha value is -1.35. The Kier molecular flexibility index (Phi) is 3.79. The van der Waals surface area contributed by atoms with Gasteiger partial charge in [-0.05, 0) is 18.4 Å². The van der Waals surface area contributed by atoms with Crippen LogP contribution in [0.5, 0.6) is 0 Å². The van der Waals surface area contributed by atoms with Gasteiger partial charge in [0.2, 0.25) is 5.91 Å². The van der Waals surface area contributed by atoms with Crippen LogP contribution >= 0.6 is 0 Å². The van der Waals surface area contributed by atoms with Crippen molar-refractivity contribution in [3.8, 4) is 0 Å². The van der Waals surface area contributed by atoms with Gasteiger partial charge in [-0.1, -0.05) is 43.2 Å². The lowest BCUT2D eigenvalue weighted by Gasteiger charge is -2.22. The molecule has 1 aromatic carbocycles. The number of nitrogens with one attached hydrogen (secondary N) is 1. The molecule has 1 saturated carbocycles. The van der Waals surface area contributed by atoms with Gasteiger partial charge in [-0.15, -0.1) is 0 Å². The van der Waals surface area contributed by atoms with Crippen molar-refractivity contribution in [3.05, 3.63) is 35.9 Å². The Balaban J connectivity index is 1.78. The Labute approximate surface area is 102 Å². The van der Waals surface area contributed by atoms with Crippen molar-refractivity contribution in [1.29, 1.82) is 0 Å². The van der Waals surface area contributed by atoms with Crippen LogP contribution in [0.1, 0.15) is 31.2 Å². The monoisotopic (exact) mass is 233 g/mol. The number of hydrogen-bond donors (Lipinski definition) is 2. The molecule has 0 spiro atoms. The molecule has 92 valence electrons. The van der Waals surface area contributed by atoms with Crippen LogP contribution in [0.25, 0.3) is 0 Å². The molecule has 17 heavy (non-hydrogen) atoms. The van der Waals surface area contributed by atoms with Crippen molar-refractivity contribution in [2.45, 2.75) is 37.7 Å². The summed E-state index contributed by atoms with van der Waals surface area (Å²) in [6.07, 6.45) is 4.12. The molecule has 0 aliphatic heterocycles. The molecule has 2 N–H and O–H groups in total. The first kappa shape index (κ1) is 12.1. The summed E-state index contributed by atoms with van der Waals surface area (Å²) in [5, 5.41) is 12.9. The highest BCUT2D eigenvalue weighted by molar-refractivity contribution is 5.78. The quantitative estimate of drug-likeness (QED) is 0.830. The normalized spacial score (nSPS) is 17.9. The van der Waals surface area contributed by atoms with E-state index in [1.54, 1.807) is 0 Å². The van der Waals surface area contributed by atoms with Crippen molar-refractivity contribution >= 4 is 5.91 Å². The summed E-state index contributed by atoms with van der Waals surface area (Å²) in [4.78, 5) is 11.7. The Morgan fingerprint density at radius 1 is 1.24 bits per heavy atom. The lowest BCUT2D eigenvalue weighted by atomic mass is 10.0. The second-order valence-electron chi connectivity index (χ2n) is 4.87. The highest BCUT2D eigenvalue weighted by atomic mass is 16.3. The van der Waals surface area contributed by atoms with Crippen LogP contribution in [0.15, 0.2) is 30.3 Å². The zero-order chi connectivity index (χ0) is 12.1. The molecule has 1 aromatic rings. The minimum Gasteiger partial charge on any atom is -0.388 e. The summed E-state index contributed by atoms with van der Waals surface area (Å²) in [7, 11) is 0. The molecule has 1 aliphatic carbocycles. The molecule has 0 atom stereocenters. The van der Waals surface area contributed by atoms with Gasteiger partial charge in [-0.25, -0.2) is 0 Å². The highest BCUT2D eigenvalue weighted by Gasteiger charge is 2.31. The van der Waals surface area contributed by atoms with Gasteiger partial charge in [0.15, 0.2) is 0 Å². The van der Waals surface area contributed by atoms with E-state index in [2.05, 4.69) is 5.32 Å². The number of carbonyl (C=O) groups excluding carboxylic acids is 1. The van der Waals surface area contributed by atoms with Crippen molar-refractivity contribution < 1.29 is 9.90 Å². The van der Waals surface area contributed by atoms with Gasteiger partial charge < -0.3 is 10.4 Å². The third kappa shape index (κ3) is 3.56. The van der Waals surface area contributed by atoms with Gasteiger partial charge in [-0.2, -0.15) is 0 Å². The first-order valence-corrected chi connectivity index (χ1v) is 6.21. The molecule has 2 rings (SSSR count). The van der Waals surface area contributed by atoms with Gasteiger partial charge in [-0.3, -0.25) is 4.79 Å². The van der Waals surface area contributed by atoms with Crippen molar-refractivity contribution in [2.24, 2.45) is 0 Å². The molecule has 0 heterocycles. The summed E-state index contributed by atoms with van der Waals surface area (Å²) in [5.74, 6) is -0.0171. The maximum atomic E-state index is 11.7. The number of aliphatic hydroxyl groups is 1. The lowest BCUT2D eigenvalue weighted by molar-refractivity contribution is -0.121. The fourth-order valence-corrected chi connectivity index (χ4v) is 2.32. The summed E-state index contributed by atoms with van der Waals surface area (Å²) >= 11 is 0. The summed E-state index contributed by atoms with van der Waals surface area (Å²) in [6, 6.07) is 9.65. The molecule has 3 heteroatoms. The highest BCUT2D eigenvalue weighted by Crippen LogP contribution is 2.28. The Bertz CT molecular complexity index is 369. The number of hydrogen-bond acceptors (Lipinski definition) is 2. The lowest BCUT2D eigenvalue weighted by Crippen LogP contribution is -2.41. The number of carbonyl (C=O) groups is 1. The maximum Gasteiger partial charge on any atom is 0.224 e. The van der Waals surface area contributed by atoms with Crippen LogP contribution in [-0.4, -0.2) is 23.2 Å². The molecule has 0 saturated heterocycles. The molecule has 0 unspecified atom stereocenters. The standard InChI is InChI=1S/C14H19NO2/c16-13(10-12-6-2-1-3-7-12)15-11-14(17)8-4-5-9-14/h1-3,6-7,17H,4-5,8-11H2,(H,15,16). The zero-order valence-electron chi connectivity index (χ0n) is 9.98. The van der Waals surface area contributed by atoms with E-state index in [4.69, 9.17) is 0 Å². The second kappa shape index (κ2) is 5.32. The predicted molar refractivity (Wildman–Crippen MR) is 66.6 cm³/mol. The largest absolute Gasteiger partial charge is 0.388 e. The number of benzene rings is 1. The SMILES string of the molecule is O=C(Cc1ccccc1)NCC1(O)CCCC1. The molecule has 0 bridgehead atoms. The Morgan fingerprint density at radius 3 is 2.53 bits per heavy atom. The van der Waals surface area contributed by atoms with Gasteiger partial charge in [0.25, 0.3) is 0 Å². The minimum atomic E-state index is -0.660. The van der Waals surface area contributed by atoms with Crippen molar-refractivity contribution in [2.75, 3.05) is 6.54 Å². The molecule has 1 aliphatic rings. The number of rotatable bonds is 4. The fraction of sp³-hybridized carbons (Fsp3) is 0.500. The van der Waals surface area contributed by atoms with Gasteiger partial charge in [0.1, 0.15) is 0 Å². The van der Waals surface area contributed by atoms with Gasteiger partial charge in [0.05, 0.1) is 12.0 Å². The molecule has 0 aromatic heterocycles. The topological polar surface area (TPSA) is 49.3 Å². The van der Waals surface area contributed by atoms with Crippen molar-refractivity contribution in [1.82, 2.24) is 5.32 Å². The zero-order valence-corrected chi connectivity index (χ0v) is 9.98. The van der Waals surface area contributed by atoms with E-state index in [9.17, 15) is 9.90 Å². The summed E-state index contributed by atoms with van der Waals surface area (Å²) in [5.41, 5.74) is 0.343. The van der Waals surface area contributed by atoms with E-state index in [1.807, 2.05) is 30.3 Å². The minimum absolute atomic E-state index is 0.0171. The Morgan fingerprint density at radius 2 is 1.88 bits per heavy atom. The van der Waals surface area contributed by atoms with Crippen molar-refractivity contribution in [3.63, 3.8) is 0 Å². The van der Waals surface area contributed by atoms with E-state index in [1.165, 1.54) is 0 Å². The maximum absolute atomic E-state index is 11.7. The molecule has 1 fully saturated rings. The molecular weight excluding hydrogens is 214 g/mol. The molecule has 3 nitrogen and oxygen atoms in total. The average molecular weight is 233 g/mol. The van der Waals surface area contributed by atoms with E-state index in [-0.39, 0.29) is 5.91 Å². The van der Waals surface area contributed by atoms with Gasteiger partial charge >= 0.3 is 0 Å². The second-order valence-corrected chi connectivity index (χ2v) is 4.87. The molecule has 1 amide bonds. The first-order valence-electron chi connectivity index (χ1n) is 6.21. The first-order chi connectivity index (χ1) is 8.18. The third-order valence-corrected chi connectivity index (χ3v) is 3.36. The van der Waals surface area contributed by atoms with Crippen LogP contribution in [0.4, 0.5) is 0 Å². The van der Waals surface area contributed by atoms with Crippen LogP contribution in [-0.2, 0) is 11.2 Å². The van der Waals surface area contributed by atoms with E-state index >= 15 is 0 Å². The smallest absolute Gasteiger partial charge is 0.224 e. The molecular formula is C14H19NO2. The molecule has 0 radical (unpaired) electrons. The van der Waals surface area contributed by atoms with Crippen LogP contribution in [0, 0.1) is 0 Å². The van der Waals surface area contributed by atoms with E-state index in [0.29, 0.717) is 13.0 Å². The van der Waals surface area contributed by atoms with Crippen LogP contribution < -0.4 is 5.32 Å². The average Bonchev–Trinajstić information content (AvgIpc) is 2.76. The third-order valence-electron chi connectivity index (χ3n) is 3.36. The van der Waals surface area contributed by atoms with Crippen LogP contribution in [0.2, 0.25) is 0 Å². The van der Waals surface area contributed by atoms with E-state index < -0.39 is 5.60 Å². The van der Waals surface area contributed by atoms with Crippen LogP contribution in [0.3, 0.4) is 0 Å². The summed E-state index contributed by atoms with van der Waals surface area (Å²) < 4.78 is 0. The van der Waals surface area contributed by atoms with E-state index in [0.717, 1.165) is 31.2 Å². The van der Waals surface area contributed by atoms with Gasteiger partial charge in [0, 0.05) is 6.54 Å². The predicted octanol–water partition coefficient (Wildman–Crippen LogP) is 1.65. The number of amides is 1. The fourth-order valence-electron chi connectivity index (χ4n) is 2.32. The summed E-state index contributed by atoms with van der Waals surface area (Å²) in [6.45, 7) is 0.388.